The number of rotatable bonds is 5. The Morgan fingerprint density at radius 3 is 2.71 bits per heavy atom. The Labute approximate surface area is 139 Å². The van der Waals surface area contributed by atoms with Crippen LogP contribution in [-0.4, -0.2) is 40.1 Å². The van der Waals surface area contributed by atoms with Crippen LogP contribution < -0.4 is 5.32 Å². The van der Waals surface area contributed by atoms with Crippen LogP contribution in [0.5, 0.6) is 0 Å². The number of aromatic nitrogens is 1. The van der Waals surface area contributed by atoms with Gasteiger partial charge in [-0.1, -0.05) is 30.3 Å². The number of nitrogens with zero attached hydrogens (tertiary/aromatic N) is 1. The van der Waals surface area contributed by atoms with E-state index < -0.39 is 0 Å². The average molecular weight is 325 g/mol. The maximum absolute atomic E-state index is 12.2. The molecule has 1 atom stereocenters. The molecule has 1 aromatic heterocycles. The normalized spacial score (nSPS) is 17.1. The molecular weight excluding hydrogens is 306 g/mol. The number of nitrogens with one attached hydrogen (secondary N) is 2. The van der Waals surface area contributed by atoms with E-state index in [1.54, 1.807) is 4.90 Å². The van der Waals surface area contributed by atoms with Crippen molar-refractivity contribution in [2.45, 2.75) is 25.9 Å². The molecule has 0 unspecified atom stereocenters. The van der Waals surface area contributed by atoms with Crippen LogP contribution in [0.1, 0.15) is 39.8 Å². The minimum absolute atomic E-state index is 0.0278. The number of Topliss-reactive ketones (excluding diaryl/α,β-unsaturated/α-hetero) is 1. The highest BCUT2D eigenvalue weighted by Crippen LogP contribution is 2.15. The maximum Gasteiger partial charge on any atom is 0.268 e. The molecule has 0 bridgehead atoms. The van der Waals surface area contributed by atoms with Gasteiger partial charge in [-0.15, -0.1) is 0 Å². The lowest BCUT2D eigenvalue weighted by molar-refractivity contribution is -0.128. The summed E-state index contributed by atoms with van der Waals surface area (Å²) >= 11 is 0. The quantitative estimate of drug-likeness (QED) is 0.822. The van der Waals surface area contributed by atoms with Crippen molar-refractivity contribution in [2.75, 3.05) is 6.54 Å². The van der Waals surface area contributed by atoms with Gasteiger partial charge in [0.25, 0.3) is 5.91 Å². The molecule has 3 rings (SSSR count). The highest BCUT2D eigenvalue weighted by molar-refractivity contribution is 5.99. The van der Waals surface area contributed by atoms with Gasteiger partial charge in [0.1, 0.15) is 5.69 Å². The lowest BCUT2D eigenvalue weighted by atomic mass is 10.2. The van der Waals surface area contributed by atoms with Gasteiger partial charge >= 0.3 is 0 Å². The van der Waals surface area contributed by atoms with Gasteiger partial charge in [-0.3, -0.25) is 14.4 Å². The molecule has 1 aromatic carbocycles. The van der Waals surface area contributed by atoms with E-state index in [1.807, 2.05) is 30.3 Å². The van der Waals surface area contributed by atoms with Crippen molar-refractivity contribution in [1.29, 1.82) is 0 Å². The molecule has 2 N–H and O–H groups in total. The van der Waals surface area contributed by atoms with Gasteiger partial charge in [0.2, 0.25) is 5.91 Å². The van der Waals surface area contributed by atoms with E-state index in [9.17, 15) is 14.4 Å². The first-order chi connectivity index (χ1) is 11.5. The van der Waals surface area contributed by atoms with Crippen LogP contribution in [0.25, 0.3) is 0 Å². The predicted molar refractivity (Wildman–Crippen MR) is 88.5 cm³/mol. The number of benzene rings is 1. The summed E-state index contributed by atoms with van der Waals surface area (Å²) in [5.41, 5.74) is 1.86. The second kappa shape index (κ2) is 6.70. The number of aromatic amines is 1. The van der Waals surface area contributed by atoms with E-state index in [0.717, 1.165) is 5.56 Å². The van der Waals surface area contributed by atoms with E-state index in [0.29, 0.717) is 30.8 Å². The fraction of sp³-hybridized carbons (Fsp3) is 0.278. The second-order valence-electron chi connectivity index (χ2n) is 5.99. The van der Waals surface area contributed by atoms with Crippen molar-refractivity contribution in [3.05, 3.63) is 59.4 Å². The fourth-order valence-electron chi connectivity index (χ4n) is 2.82. The van der Waals surface area contributed by atoms with Crippen LogP contribution in [-0.2, 0) is 11.3 Å². The molecule has 124 valence electrons. The Morgan fingerprint density at radius 1 is 1.29 bits per heavy atom. The first-order valence-corrected chi connectivity index (χ1v) is 7.85. The predicted octanol–water partition coefficient (Wildman–Crippen LogP) is 1.75. The highest BCUT2D eigenvalue weighted by Gasteiger charge is 2.30. The lowest BCUT2D eigenvalue weighted by Crippen LogP contribution is -2.37. The van der Waals surface area contributed by atoms with Gasteiger partial charge in [-0.05, 0) is 18.6 Å². The minimum atomic E-state index is -0.304. The number of amides is 2. The number of carbonyl (C=O) groups excluding carboxylic acids is 3. The third-order valence-electron chi connectivity index (χ3n) is 4.10. The summed E-state index contributed by atoms with van der Waals surface area (Å²) in [4.78, 5) is 40.2. The number of hydrogen-bond acceptors (Lipinski definition) is 3. The molecule has 1 aliphatic heterocycles. The van der Waals surface area contributed by atoms with Gasteiger partial charge in [-0.2, -0.15) is 0 Å². The smallest absolute Gasteiger partial charge is 0.268 e. The Bertz CT molecular complexity index is 767. The van der Waals surface area contributed by atoms with E-state index in [4.69, 9.17) is 0 Å². The molecule has 1 aliphatic rings. The summed E-state index contributed by atoms with van der Waals surface area (Å²) in [5.74, 6) is -0.377. The first-order valence-electron chi connectivity index (χ1n) is 7.85. The summed E-state index contributed by atoms with van der Waals surface area (Å²) in [6, 6.07) is 11.1. The zero-order chi connectivity index (χ0) is 17.1. The lowest BCUT2D eigenvalue weighted by Gasteiger charge is -2.17. The maximum atomic E-state index is 12.2. The van der Waals surface area contributed by atoms with Gasteiger partial charge in [-0.25, -0.2) is 0 Å². The Balaban J connectivity index is 1.59. The van der Waals surface area contributed by atoms with Crippen LogP contribution in [0.3, 0.4) is 0 Å². The van der Waals surface area contributed by atoms with Gasteiger partial charge < -0.3 is 15.2 Å². The van der Waals surface area contributed by atoms with Crippen LogP contribution in [0, 0.1) is 0 Å². The zero-order valence-corrected chi connectivity index (χ0v) is 13.4. The third kappa shape index (κ3) is 3.53. The average Bonchev–Trinajstić information content (AvgIpc) is 3.16. The number of hydrogen-bond donors (Lipinski definition) is 2. The monoisotopic (exact) mass is 325 g/mol. The van der Waals surface area contributed by atoms with Crippen molar-refractivity contribution in [3.63, 3.8) is 0 Å². The molecular formula is C18H19N3O3. The minimum Gasteiger partial charge on any atom is -0.356 e. The molecule has 2 aromatic rings. The topological polar surface area (TPSA) is 82.3 Å². The molecule has 2 heterocycles. The largest absolute Gasteiger partial charge is 0.356 e. The summed E-state index contributed by atoms with van der Waals surface area (Å²) in [5, 5.41) is 2.85. The third-order valence-corrected chi connectivity index (χ3v) is 4.10. The van der Waals surface area contributed by atoms with Crippen LogP contribution >= 0.6 is 0 Å². The molecule has 0 radical (unpaired) electrons. The Kier molecular flexibility index (Phi) is 4.46. The van der Waals surface area contributed by atoms with Crippen molar-refractivity contribution in [3.8, 4) is 0 Å². The molecule has 2 amide bonds. The number of ketones is 1. The first kappa shape index (κ1) is 16.0. The van der Waals surface area contributed by atoms with Gasteiger partial charge in [0.05, 0.1) is 6.04 Å². The van der Waals surface area contributed by atoms with Crippen LogP contribution in [0.4, 0.5) is 0 Å². The number of likely N-dealkylation sites (tertiary alicyclic amines) is 1. The van der Waals surface area contributed by atoms with Crippen molar-refractivity contribution in [2.24, 2.45) is 0 Å². The van der Waals surface area contributed by atoms with E-state index in [-0.39, 0.29) is 23.6 Å². The standard InChI is InChI=1S/C18H19N3O3/c1-12(22)14-7-16(19-9-14)18(24)20-15-8-17(23)21(11-15)10-13-5-3-2-4-6-13/h2-7,9,15,19H,8,10-11H2,1H3,(H,20,24)/t15-/m0/s1. The Hall–Kier alpha value is -2.89. The number of carbonyl (C=O) groups is 3. The molecule has 0 saturated carbocycles. The highest BCUT2D eigenvalue weighted by atomic mass is 16.2. The zero-order valence-electron chi connectivity index (χ0n) is 13.4. The molecule has 0 spiro atoms. The van der Waals surface area contributed by atoms with Crippen molar-refractivity contribution < 1.29 is 14.4 Å². The summed E-state index contributed by atoms with van der Waals surface area (Å²) < 4.78 is 0. The molecule has 0 aliphatic carbocycles. The van der Waals surface area contributed by atoms with Crippen LogP contribution in [0.15, 0.2) is 42.6 Å². The SMILES string of the molecule is CC(=O)c1c[nH]c(C(=O)N[C@H]2CC(=O)N(Cc3ccccc3)C2)c1. The Morgan fingerprint density at radius 2 is 2.04 bits per heavy atom. The summed E-state index contributed by atoms with van der Waals surface area (Å²) in [6.07, 6.45) is 1.80. The fourth-order valence-corrected chi connectivity index (χ4v) is 2.82. The van der Waals surface area contributed by atoms with Crippen LogP contribution in [0.2, 0.25) is 0 Å². The number of H-pyrrole nitrogens is 1. The second-order valence-corrected chi connectivity index (χ2v) is 5.99. The summed E-state index contributed by atoms with van der Waals surface area (Å²) in [7, 11) is 0. The van der Waals surface area contributed by atoms with Crippen molar-refractivity contribution >= 4 is 17.6 Å². The van der Waals surface area contributed by atoms with E-state index in [2.05, 4.69) is 10.3 Å². The molecule has 1 saturated heterocycles. The molecule has 6 heteroatoms. The molecule has 6 nitrogen and oxygen atoms in total. The van der Waals surface area contributed by atoms with E-state index in [1.165, 1.54) is 19.2 Å². The van der Waals surface area contributed by atoms with Crippen molar-refractivity contribution in [1.82, 2.24) is 15.2 Å². The van der Waals surface area contributed by atoms with E-state index >= 15 is 0 Å². The van der Waals surface area contributed by atoms with Gasteiger partial charge in [0, 0.05) is 31.3 Å². The molecule has 1 fully saturated rings. The van der Waals surface area contributed by atoms with Gasteiger partial charge in [0.15, 0.2) is 5.78 Å². The molecule has 24 heavy (non-hydrogen) atoms. The summed E-state index contributed by atoms with van der Waals surface area (Å²) in [6.45, 7) is 2.48.